The van der Waals surface area contributed by atoms with Crippen molar-refractivity contribution in [2.75, 3.05) is 49.4 Å². The van der Waals surface area contributed by atoms with Gasteiger partial charge in [0.1, 0.15) is 0 Å². The van der Waals surface area contributed by atoms with E-state index in [2.05, 4.69) is 54.3 Å². The molecule has 0 unspecified atom stereocenters. The third kappa shape index (κ3) is 4.74. The number of hydrogen-bond acceptors (Lipinski definition) is 7. The molecular weight excluding hydrogens is 328 g/mol. The molecule has 0 radical (unpaired) electrons. The average Bonchev–Trinajstić information content (AvgIpc) is 2.96. The summed E-state index contributed by atoms with van der Waals surface area (Å²) in [6.45, 7) is 2.62. The second-order valence-corrected chi connectivity index (χ2v) is 6.76. The van der Waals surface area contributed by atoms with Gasteiger partial charge in [-0.1, -0.05) is 25.0 Å². The van der Waals surface area contributed by atoms with E-state index in [1.807, 2.05) is 14.1 Å². The molecule has 0 bridgehead atoms. The van der Waals surface area contributed by atoms with Crippen molar-refractivity contribution in [1.29, 1.82) is 0 Å². The van der Waals surface area contributed by atoms with Crippen molar-refractivity contribution in [2.24, 2.45) is 0 Å². The molecule has 2 heterocycles. The van der Waals surface area contributed by atoms with Crippen LogP contribution < -0.4 is 19.9 Å². The van der Waals surface area contributed by atoms with Crippen molar-refractivity contribution < 1.29 is 4.74 Å². The number of aromatic nitrogens is 3. The zero-order chi connectivity index (χ0) is 18.4. The summed E-state index contributed by atoms with van der Waals surface area (Å²) in [5.41, 5.74) is 2.35. The van der Waals surface area contributed by atoms with Gasteiger partial charge in [-0.25, -0.2) is 0 Å². The molecule has 0 amide bonds. The normalized spacial score (nSPS) is 14.7. The molecule has 7 nitrogen and oxygen atoms in total. The molecule has 0 spiro atoms. The lowest BCUT2D eigenvalue weighted by atomic mass is 10.2. The van der Waals surface area contributed by atoms with E-state index in [0.29, 0.717) is 24.5 Å². The predicted octanol–water partition coefficient (Wildman–Crippen LogP) is 2.94. The Bertz CT molecular complexity index is 696. The van der Waals surface area contributed by atoms with Gasteiger partial charge in [0.25, 0.3) is 0 Å². The Morgan fingerprint density at radius 1 is 1.00 bits per heavy atom. The van der Waals surface area contributed by atoms with Crippen LogP contribution in [0.25, 0.3) is 0 Å². The van der Waals surface area contributed by atoms with Gasteiger partial charge in [0.05, 0.1) is 7.11 Å². The van der Waals surface area contributed by atoms with E-state index in [-0.39, 0.29) is 0 Å². The Kier molecular flexibility index (Phi) is 6.09. The number of rotatable bonds is 6. The highest BCUT2D eigenvalue weighted by Crippen LogP contribution is 2.20. The maximum absolute atomic E-state index is 5.28. The molecule has 2 aromatic rings. The van der Waals surface area contributed by atoms with Crippen LogP contribution in [0.2, 0.25) is 0 Å². The molecular formula is C19H28N6O. The number of methoxy groups -OCH3 is 1. The van der Waals surface area contributed by atoms with Gasteiger partial charge in [-0.15, -0.1) is 0 Å². The van der Waals surface area contributed by atoms with Crippen LogP contribution in [0.1, 0.15) is 31.2 Å². The van der Waals surface area contributed by atoms with Gasteiger partial charge in [0.15, 0.2) is 0 Å². The van der Waals surface area contributed by atoms with E-state index in [1.165, 1.54) is 36.9 Å². The van der Waals surface area contributed by atoms with E-state index < -0.39 is 0 Å². The van der Waals surface area contributed by atoms with Gasteiger partial charge in [-0.3, -0.25) is 0 Å². The van der Waals surface area contributed by atoms with Gasteiger partial charge in [-0.2, -0.15) is 15.0 Å². The molecule has 7 heteroatoms. The second kappa shape index (κ2) is 8.69. The first-order valence-electron chi connectivity index (χ1n) is 9.21. The van der Waals surface area contributed by atoms with Crippen LogP contribution in [0.4, 0.5) is 17.6 Å². The third-order valence-corrected chi connectivity index (χ3v) is 4.58. The SMILES string of the molecule is COc1nc(NCc2ccc(N(C)C)cc2)nc(N2CCCCCC2)n1. The van der Waals surface area contributed by atoms with Crippen LogP contribution in [-0.2, 0) is 6.54 Å². The lowest BCUT2D eigenvalue weighted by molar-refractivity contribution is 0.378. The van der Waals surface area contributed by atoms with E-state index in [9.17, 15) is 0 Å². The van der Waals surface area contributed by atoms with Gasteiger partial charge >= 0.3 is 6.01 Å². The fraction of sp³-hybridized carbons (Fsp3) is 0.526. The number of ether oxygens (including phenoxy) is 1. The molecule has 1 aliphatic heterocycles. The molecule has 1 N–H and O–H groups in total. The summed E-state index contributed by atoms with van der Waals surface area (Å²) in [5.74, 6) is 1.25. The van der Waals surface area contributed by atoms with Crippen LogP contribution >= 0.6 is 0 Å². The number of anilines is 3. The molecule has 0 aliphatic carbocycles. The third-order valence-electron chi connectivity index (χ3n) is 4.58. The molecule has 1 aliphatic rings. The van der Waals surface area contributed by atoms with Gasteiger partial charge < -0.3 is 19.9 Å². The van der Waals surface area contributed by atoms with E-state index in [1.54, 1.807) is 7.11 Å². The van der Waals surface area contributed by atoms with Gasteiger partial charge in [0.2, 0.25) is 11.9 Å². The minimum absolute atomic E-state index is 0.352. The first kappa shape index (κ1) is 18.2. The summed E-state index contributed by atoms with van der Waals surface area (Å²) in [5, 5.41) is 3.30. The largest absolute Gasteiger partial charge is 0.467 e. The lowest BCUT2D eigenvalue weighted by Crippen LogP contribution is -2.26. The van der Waals surface area contributed by atoms with Crippen LogP contribution in [0.3, 0.4) is 0 Å². The van der Waals surface area contributed by atoms with E-state index in [0.717, 1.165) is 13.1 Å². The molecule has 1 fully saturated rings. The Morgan fingerprint density at radius 3 is 2.31 bits per heavy atom. The molecule has 1 aromatic heterocycles. The highest BCUT2D eigenvalue weighted by molar-refractivity contribution is 5.46. The Balaban J connectivity index is 1.71. The lowest BCUT2D eigenvalue weighted by Gasteiger charge is -2.20. The Morgan fingerprint density at radius 2 is 1.69 bits per heavy atom. The molecule has 26 heavy (non-hydrogen) atoms. The van der Waals surface area contributed by atoms with Gasteiger partial charge in [-0.05, 0) is 30.5 Å². The minimum Gasteiger partial charge on any atom is -0.467 e. The molecule has 0 saturated carbocycles. The summed E-state index contributed by atoms with van der Waals surface area (Å²) in [7, 11) is 5.66. The quantitative estimate of drug-likeness (QED) is 0.853. The first-order valence-corrected chi connectivity index (χ1v) is 9.21. The smallest absolute Gasteiger partial charge is 0.322 e. The number of benzene rings is 1. The fourth-order valence-corrected chi connectivity index (χ4v) is 3.02. The Labute approximate surface area is 155 Å². The van der Waals surface area contributed by atoms with E-state index in [4.69, 9.17) is 4.74 Å². The number of nitrogens with zero attached hydrogens (tertiary/aromatic N) is 5. The maximum Gasteiger partial charge on any atom is 0.322 e. The van der Waals surface area contributed by atoms with E-state index >= 15 is 0 Å². The maximum atomic E-state index is 5.28. The average molecular weight is 356 g/mol. The predicted molar refractivity (Wildman–Crippen MR) is 105 cm³/mol. The molecule has 140 valence electrons. The summed E-state index contributed by atoms with van der Waals surface area (Å²) in [6, 6.07) is 8.78. The van der Waals surface area contributed by atoms with Crippen molar-refractivity contribution in [3.63, 3.8) is 0 Å². The standard InChI is InChI=1S/C19H28N6O/c1-24(2)16-10-8-15(9-11-16)14-20-17-21-18(23-19(22-17)26-3)25-12-6-4-5-7-13-25/h8-11H,4-7,12-14H2,1-3H3,(H,20,21,22,23). The summed E-state index contributed by atoms with van der Waals surface area (Å²) in [4.78, 5) is 17.7. The van der Waals surface area contributed by atoms with Crippen molar-refractivity contribution in [2.45, 2.75) is 32.2 Å². The molecule has 1 aromatic carbocycles. The highest BCUT2D eigenvalue weighted by atomic mass is 16.5. The number of hydrogen-bond donors (Lipinski definition) is 1. The van der Waals surface area contributed by atoms with Crippen LogP contribution in [-0.4, -0.2) is 49.2 Å². The second-order valence-electron chi connectivity index (χ2n) is 6.76. The fourth-order valence-electron chi connectivity index (χ4n) is 3.02. The Hall–Kier alpha value is -2.57. The summed E-state index contributed by atoms with van der Waals surface area (Å²) < 4.78 is 5.28. The summed E-state index contributed by atoms with van der Waals surface area (Å²) >= 11 is 0. The highest BCUT2D eigenvalue weighted by Gasteiger charge is 2.15. The van der Waals surface area contributed by atoms with Crippen LogP contribution in [0, 0.1) is 0 Å². The van der Waals surface area contributed by atoms with Crippen molar-refractivity contribution in [3.05, 3.63) is 29.8 Å². The van der Waals surface area contributed by atoms with Crippen molar-refractivity contribution >= 4 is 17.6 Å². The van der Waals surface area contributed by atoms with Crippen molar-refractivity contribution in [3.8, 4) is 6.01 Å². The zero-order valence-corrected chi connectivity index (χ0v) is 15.9. The molecule has 3 rings (SSSR count). The molecule has 1 saturated heterocycles. The minimum atomic E-state index is 0.352. The number of nitrogens with one attached hydrogen (secondary N) is 1. The topological polar surface area (TPSA) is 66.4 Å². The molecule has 0 atom stereocenters. The monoisotopic (exact) mass is 356 g/mol. The van der Waals surface area contributed by atoms with Crippen LogP contribution in [0.15, 0.2) is 24.3 Å². The van der Waals surface area contributed by atoms with Crippen molar-refractivity contribution in [1.82, 2.24) is 15.0 Å². The van der Waals surface area contributed by atoms with Gasteiger partial charge in [0, 0.05) is 39.4 Å². The summed E-state index contributed by atoms with van der Waals surface area (Å²) in [6.07, 6.45) is 4.89. The zero-order valence-electron chi connectivity index (χ0n) is 15.9. The first-order chi connectivity index (χ1) is 12.7. The van der Waals surface area contributed by atoms with Crippen LogP contribution in [0.5, 0.6) is 6.01 Å².